The number of aromatic nitrogens is 2. The molecular weight excluding hydrogens is 202 g/mol. The first-order valence-corrected chi connectivity index (χ1v) is 4.34. The van der Waals surface area contributed by atoms with E-state index in [9.17, 15) is 14.9 Å². The first-order valence-electron chi connectivity index (χ1n) is 4.34. The summed E-state index contributed by atoms with van der Waals surface area (Å²) < 4.78 is 6.17. The Morgan fingerprint density at radius 2 is 2.40 bits per heavy atom. The zero-order chi connectivity index (χ0) is 11.4. The minimum absolute atomic E-state index is 0.0704. The van der Waals surface area contributed by atoms with Crippen LogP contribution in [0.4, 0.5) is 5.82 Å². The van der Waals surface area contributed by atoms with E-state index in [-0.39, 0.29) is 18.5 Å². The average molecular weight is 213 g/mol. The zero-order valence-corrected chi connectivity index (χ0v) is 8.41. The van der Waals surface area contributed by atoms with Crippen LogP contribution in [0.1, 0.15) is 13.8 Å². The van der Waals surface area contributed by atoms with E-state index in [2.05, 4.69) is 4.98 Å². The molecule has 1 heterocycles. The van der Waals surface area contributed by atoms with Gasteiger partial charge in [-0.15, -0.1) is 0 Å². The Labute approximate surface area is 85.8 Å². The van der Waals surface area contributed by atoms with Gasteiger partial charge in [-0.3, -0.25) is 9.36 Å². The fourth-order valence-corrected chi connectivity index (χ4v) is 0.978. The number of ether oxygens (including phenoxy) is 1. The number of carbonyl (C=O) groups is 1. The molecule has 0 saturated heterocycles. The van der Waals surface area contributed by atoms with Crippen LogP contribution in [-0.2, 0) is 16.1 Å². The van der Waals surface area contributed by atoms with Gasteiger partial charge in [-0.1, -0.05) is 0 Å². The van der Waals surface area contributed by atoms with Crippen LogP contribution < -0.4 is 0 Å². The molecule has 15 heavy (non-hydrogen) atoms. The van der Waals surface area contributed by atoms with E-state index in [0.717, 1.165) is 0 Å². The van der Waals surface area contributed by atoms with Crippen LogP contribution in [0.5, 0.6) is 0 Å². The first kappa shape index (κ1) is 11.2. The number of hydrogen-bond acceptors (Lipinski definition) is 5. The molecule has 0 spiro atoms. The van der Waals surface area contributed by atoms with Crippen molar-refractivity contribution >= 4 is 11.8 Å². The van der Waals surface area contributed by atoms with Crippen LogP contribution in [0.2, 0.25) is 0 Å². The summed E-state index contributed by atoms with van der Waals surface area (Å²) in [6.07, 6.45) is 2.21. The van der Waals surface area contributed by atoms with E-state index in [1.807, 2.05) is 0 Å². The summed E-state index contributed by atoms with van der Waals surface area (Å²) in [6.45, 7) is 3.39. The van der Waals surface area contributed by atoms with Crippen molar-refractivity contribution in [3.8, 4) is 0 Å². The van der Waals surface area contributed by atoms with Gasteiger partial charge in [0.15, 0.2) is 0 Å². The second-order valence-electron chi connectivity index (χ2n) is 3.20. The lowest BCUT2D eigenvalue weighted by Crippen LogP contribution is -2.16. The summed E-state index contributed by atoms with van der Waals surface area (Å²) in [4.78, 5) is 24.3. The summed E-state index contributed by atoms with van der Waals surface area (Å²) >= 11 is 0. The van der Waals surface area contributed by atoms with E-state index < -0.39 is 10.9 Å². The van der Waals surface area contributed by atoms with Crippen LogP contribution in [0.25, 0.3) is 0 Å². The number of nitro groups is 1. The number of carbonyl (C=O) groups excluding carboxylic acids is 1. The Bertz CT molecular complexity index is 372. The van der Waals surface area contributed by atoms with E-state index in [1.54, 1.807) is 13.8 Å². The lowest BCUT2D eigenvalue weighted by Gasteiger charge is -2.06. The second kappa shape index (κ2) is 4.54. The van der Waals surface area contributed by atoms with E-state index in [1.165, 1.54) is 17.1 Å². The van der Waals surface area contributed by atoms with Crippen LogP contribution in [0, 0.1) is 10.1 Å². The summed E-state index contributed by atoms with van der Waals surface area (Å²) in [5.74, 6) is -0.732. The Kier molecular flexibility index (Phi) is 3.37. The molecule has 1 aromatic rings. The number of esters is 1. The first-order chi connectivity index (χ1) is 6.99. The van der Waals surface area contributed by atoms with Crippen LogP contribution in [0.3, 0.4) is 0 Å². The molecule has 0 bridgehead atoms. The van der Waals surface area contributed by atoms with Crippen molar-refractivity contribution in [1.82, 2.24) is 9.55 Å². The Balaban J connectivity index is 2.57. The van der Waals surface area contributed by atoms with E-state index in [4.69, 9.17) is 4.74 Å². The van der Waals surface area contributed by atoms with Gasteiger partial charge >= 0.3 is 11.8 Å². The molecule has 82 valence electrons. The smallest absolute Gasteiger partial charge is 0.381 e. The third-order valence-electron chi connectivity index (χ3n) is 1.49. The fraction of sp³-hybridized carbons (Fsp3) is 0.500. The molecule has 0 aromatic carbocycles. The predicted molar refractivity (Wildman–Crippen MR) is 50.1 cm³/mol. The Morgan fingerprint density at radius 1 is 1.73 bits per heavy atom. The van der Waals surface area contributed by atoms with Gasteiger partial charge in [0, 0.05) is 0 Å². The maximum Gasteiger partial charge on any atom is 0.381 e. The van der Waals surface area contributed by atoms with Gasteiger partial charge in [-0.25, -0.2) is 0 Å². The largest absolute Gasteiger partial charge is 0.462 e. The van der Waals surface area contributed by atoms with E-state index in [0.29, 0.717) is 0 Å². The molecule has 0 aliphatic heterocycles. The lowest BCUT2D eigenvalue weighted by atomic mass is 10.5. The second-order valence-corrected chi connectivity index (χ2v) is 3.20. The molecule has 7 nitrogen and oxygen atoms in total. The number of rotatable bonds is 4. The normalized spacial score (nSPS) is 10.3. The summed E-state index contributed by atoms with van der Waals surface area (Å²) in [5.41, 5.74) is 0. The number of hydrogen-bond donors (Lipinski definition) is 0. The molecular formula is C8H11N3O4. The molecule has 1 rings (SSSR count). The van der Waals surface area contributed by atoms with Gasteiger partial charge < -0.3 is 14.9 Å². The predicted octanol–water partition coefficient (Wildman–Crippen LogP) is 0.743. The molecule has 0 atom stereocenters. The van der Waals surface area contributed by atoms with Gasteiger partial charge in [0.25, 0.3) is 0 Å². The molecule has 0 unspecified atom stereocenters. The molecule has 0 aliphatic carbocycles. The molecule has 0 aliphatic rings. The van der Waals surface area contributed by atoms with Crippen LogP contribution in [0.15, 0.2) is 12.5 Å². The highest BCUT2D eigenvalue weighted by atomic mass is 16.6. The maximum absolute atomic E-state index is 11.2. The highest BCUT2D eigenvalue weighted by Crippen LogP contribution is 2.05. The number of nitrogens with zero attached hydrogens (tertiary/aromatic N) is 3. The highest BCUT2D eigenvalue weighted by Gasteiger charge is 2.13. The minimum Gasteiger partial charge on any atom is -0.462 e. The van der Waals surface area contributed by atoms with Gasteiger partial charge in [0.2, 0.25) is 6.33 Å². The van der Waals surface area contributed by atoms with Crippen molar-refractivity contribution < 1.29 is 14.5 Å². The molecule has 0 saturated carbocycles. The SMILES string of the molecule is CC(C)OC(=O)Cn1cnc([N+](=O)[O-])c1. The Hall–Kier alpha value is -1.92. The maximum atomic E-state index is 11.2. The Morgan fingerprint density at radius 3 is 2.87 bits per heavy atom. The van der Waals surface area contributed by atoms with Crippen molar-refractivity contribution in [1.29, 1.82) is 0 Å². The van der Waals surface area contributed by atoms with Gasteiger partial charge in [-0.05, 0) is 23.8 Å². The summed E-state index contributed by atoms with van der Waals surface area (Å²) in [5, 5.41) is 10.3. The van der Waals surface area contributed by atoms with Crippen molar-refractivity contribution in [3.63, 3.8) is 0 Å². The standard InChI is InChI=1S/C8H11N3O4/c1-6(2)15-8(12)4-10-3-7(9-5-10)11(13)14/h3,5-6H,4H2,1-2H3. The molecule has 0 fully saturated rings. The lowest BCUT2D eigenvalue weighted by molar-refractivity contribution is -0.389. The highest BCUT2D eigenvalue weighted by molar-refractivity contribution is 5.69. The minimum atomic E-state index is -0.621. The monoisotopic (exact) mass is 213 g/mol. The van der Waals surface area contributed by atoms with Gasteiger partial charge in [0.1, 0.15) is 12.7 Å². The van der Waals surface area contributed by atoms with Crippen molar-refractivity contribution in [2.45, 2.75) is 26.5 Å². The van der Waals surface area contributed by atoms with Gasteiger partial charge in [-0.2, -0.15) is 0 Å². The molecule has 0 radical (unpaired) electrons. The fourth-order valence-electron chi connectivity index (χ4n) is 0.978. The molecule has 7 heteroatoms. The van der Waals surface area contributed by atoms with E-state index >= 15 is 0 Å². The summed E-state index contributed by atoms with van der Waals surface area (Å²) in [7, 11) is 0. The van der Waals surface area contributed by atoms with Crippen LogP contribution >= 0.6 is 0 Å². The molecule has 0 amide bonds. The quantitative estimate of drug-likeness (QED) is 0.418. The van der Waals surface area contributed by atoms with Gasteiger partial charge in [0.05, 0.1) is 6.10 Å². The molecule has 0 N–H and O–H groups in total. The number of imidazole rings is 1. The van der Waals surface area contributed by atoms with Crippen molar-refractivity contribution in [3.05, 3.63) is 22.6 Å². The topological polar surface area (TPSA) is 87.3 Å². The van der Waals surface area contributed by atoms with Crippen molar-refractivity contribution in [2.24, 2.45) is 0 Å². The molecule has 1 aromatic heterocycles. The average Bonchev–Trinajstić information content (AvgIpc) is 2.50. The third-order valence-corrected chi connectivity index (χ3v) is 1.49. The summed E-state index contributed by atoms with van der Waals surface area (Å²) in [6, 6.07) is 0. The van der Waals surface area contributed by atoms with Crippen LogP contribution in [-0.4, -0.2) is 26.5 Å². The van der Waals surface area contributed by atoms with Crippen molar-refractivity contribution in [2.75, 3.05) is 0 Å². The zero-order valence-electron chi connectivity index (χ0n) is 8.41. The third kappa shape index (κ3) is 3.37.